The van der Waals surface area contributed by atoms with Crippen LogP contribution in [0.15, 0.2) is 12.2 Å². The van der Waals surface area contributed by atoms with Gasteiger partial charge in [0.05, 0.1) is 12.1 Å². The van der Waals surface area contributed by atoms with E-state index in [2.05, 4.69) is 17.5 Å². The number of hydrogen-bond donors (Lipinski definition) is 2. The summed E-state index contributed by atoms with van der Waals surface area (Å²) in [5.74, 6) is 0.292. The van der Waals surface area contributed by atoms with Gasteiger partial charge < -0.3 is 15.3 Å². The van der Waals surface area contributed by atoms with Crippen molar-refractivity contribution in [1.82, 2.24) is 10.2 Å². The zero-order chi connectivity index (χ0) is 11.5. The predicted octanol–water partition coefficient (Wildman–Crippen LogP) is 0.134. The van der Waals surface area contributed by atoms with Crippen LogP contribution in [0, 0.1) is 5.92 Å². The van der Waals surface area contributed by atoms with Crippen LogP contribution in [0.5, 0.6) is 0 Å². The van der Waals surface area contributed by atoms with Gasteiger partial charge in [0.1, 0.15) is 0 Å². The number of likely N-dealkylation sites (N-methyl/N-ethyl adjacent to an activating group) is 1. The maximum absolute atomic E-state index is 12.2. The van der Waals surface area contributed by atoms with Gasteiger partial charge in [0, 0.05) is 26.1 Å². The van der Waals surface area contributed by atoms with Crippen LogP contribution in [0.4, 0.5) is 0 Å². The van der Waals surface area contributed by atoms with E-state index in [9.17, 15) is 9.90 Å². The monoisotopic (exact) mass is 224 g/mol. The number of nitrogens with zero attached hydrogens (tertiary/aromatic N) is 1. The van der Waals surface area contributed by atoms with E-state index in [-0.39, 0.29) is 17.9 Å². The van der Waals surface area contributed by atoms with Crippen LogP contribution in [0.2, 0.25) is 0 Å². The van der Waals surface area contributed by atoms with Crippen molar-refractivity contribution in [3.8, 4) is 0 Å². The van der Waals surface area contributed by atoms with Crippen molar-refractivity contribution in [2.45, 2.75) is 31.4 Å². The van der Waals surface area contributed by atoms with Crippen molar-refractivity contribution in [3.63, 3.8) is 0 Å². The average Bonchev–Trinajstić information content (AvgIpc) is 2.75. The number of hydrogen-bond acceptors (Lipinski definition) is 3. The minimum absolute atomic E-state index is 0.0570. The van der Waals surface area contributed by atoms with Gasteiger partial charge in [0.2, 0.25) is 5.91 Å². The average molecular weight is 224 g/mol. The Morgan fingerprint density at radius 1 is 1.44 bits per heavy atom. The molecule has 16 heavy (non-hydrogen) atoms. The van der Waals surface area contributed by atoms with E-state index in [1.807, 2.05) is 7.05 Å². The third-order valence-corrected chi connectivity index (χ3v) is 3.61. The number of nitrogens with one attached hydrogen (secondary N) is 1. The quantitative estimate of drug-likeness (QED) is 0.656. The van der Waals surface area contributed by atoms with Crippen molar-refractivity contribution >= 4 is 5.91 Å². The largest absolute Gasteiger partial charge is 0.390 e. The molecule has 1 amide bonds. The van der Waals surface area contributed by atoms with E-state index < -0.39 is 6.10 Å². The molecule has 4 heteroatoms. The Bertz CT molecular complexity index is 291. The first kappa shape index (κ1) is 11.6. The van der Waals surface area contributed by atoms with Crippen molar-refractivity contribution in [1.29, 1.82) is 0 Å². The van der Waals surface area contributed by atoms with E-state index in [1.54, 1.807) is 4.90 Å². The maximum atomic E-state index is 12.2. The second kappa shape index (κ2) is 4.97. The van der Waals surface area contributed by atoms with E-state index >= 15 is 0 Å². The number of carbonyl (C=O) groups excluding carboxylic acids is 1. The summed E-state index contributed by atoms with van der Waals surface area (Å²) in [4.78, 5) is 13.9. The molecule has 1 aliphatic carbocycles. The molecule has 0 radical (unpaired) electrons. The summed E-state index contributed by atoms with van der Waals surface area (Å²) in [7, 11) is 1.81. The Balaban J connectivity index is 1.95. The highest BCUT2D eigenvalue weighted by molar-refractivity contribution is 5.79. The van der Waals surface area contributed by atoms with Crippen LogP contribution in [0.25, 0.3) is 0 Å². The van der Waals surface area contributed by atoms with Crippen LogP contribution >= 0.6 is 0 Å². The summed E-state index contributed by atoms with van der Waals surface area (Å²) in [5, 5.41) is 12.8. The summed E-state index contributed by atoms with van der Waals surface area (Å²) < 4.78 is 0. The summed E-state index contributed by atoms with van der Waals surface area (Å²) >= 11 is 0. The van der Waals surface area contributed by atoms with Gasteiger partial charge in [-0.05, 0) is 19.3 Å². The van der Waals surface area contributed by atoms with Crippen LogP contribution in [0.3, 0.4) is 0 Å². The zero-order valence-electron chi connectivity index (χ0n) is 9.72. The number of allylic oxidation sites excluding steroid dienone is 2. The molecule has 1 heterocycles. The zero-order valence-corrected chi connectivity index (χ0v) is 9.72. The van der Waals surface area contributed by atoms with Gasteiger partial charge in [0.25, 0.3) is 0 Å². The third kappa shape index (κ3) is 2.28. The van der Waals surface area contributed by atoms with Gasteiger partial charge in [-0.2, -0.15) is 0 Å². The Morgan fingerprint density at radius 3 is 2.81 bits per heavy atom. The topological polar surface area (TPSA) is 52.6 Å². The molecule has 0 saturated carbocycles. The molecule has 1 fully saturated rings. The molecule has 0 aromatic rings. The normalized spacial score (nSPS) is 34.0. The maximum Gasteiger partial charge on any atom is 0.226 e. The molecular weight excluding hydrogens is 204 g/mol. The molecule has 4 nitrogen and oxygen atoms in total. The first-order chi connectivity index (χ1) is 7.70. The Hall–Kier alpha value is -0.870. The molecule has 0 aromatic heterocycles. The standard InChI is InChI=1S/C12H20N2O2/c1-14(10-7-13-8-11(10)15)12(16)9-5-3-2-4-6-9/h2-3,9-11,13,15H,4-8H2,1H3/t9?,10-,11-/m1/s1. The molecule has 2 aliphatic rings. The van der Waals surface area contributed by atoms with Crippen LogP contribution in [0.1, 0.15) is 19.3 Å². The molecule has 2 N–H and O–H groups in total. The highest BCUT2D eigenvalue weighted by Gasteiger charge is 2.33. The second-order valence-corrected chi connectivity index (χ2v) is 4.72. The van der Waals surface area contributed by atoms with Crippen molar-refractivity contribution in [2.24, 2.45) is 5.92 Å². The van der Waals surface area contributed by atoms with E-state index in [4.69, 9.17) is 0 Å². The van der Waals surface area contributed by atoms with Gasteiger partial charge in [-0.25, -0.2) is 0 Å². The molecule has 0 bridgehead atoms. The van der Waals surface area contributed by atoms with Crippen molar-refractivity contribution in [3.05, 3.63) is 12.2 Å². The molecule has 2 rings (SSSR count). The highest BCUT2D eigenvalue weighted by atomic mass is 16.3. The first-order valence-corrected chi connectivity index (χ1v) is 6.00. The lowest BCUT2D eigenvalue weighted by Gasteiger charge is -2.30. The van der Waals surface area contributed by atoms with E-state index in [0.717, 1.165) is 19.3 Å². The molecule has 3 atom stereocenters. The van der Waals surface area contributed by atoms with Crippen molar-refractivity contribution < 1.29 is 9.90 Å². The summed E-state index contributed by atoms with van der Waals surface area (Å²) in [6.07, 6.45) is 6.58. The molecule has 90 valence electrons. The fraction of sp³-hybridized carbons (Fsp3) is 0.750. The van der Waals surface area contributed by atoms with Gasteiger partial charge in [-0.3, -0.25) is 4.79 Å². The molecule has 1 aliphatic heterocycles. The number of aliphatic hydroxyl groups is 1. The van der Waals surface area contributed by atoms with Gasteiger partial charge in [-0.15, -0.1) is 0 Å². The first-order valence-electron chi connectivity index (χ1n) is 6.00. The minimum Gasteiger partial charge on any atom is -0.390 e. The second-order valence-electron chi connectivity index (χ2n) is 4.72. The summed E-state index contributed by atoms with van der Waals surface area (Å²) in [5.41, 5.74) is 0. The van der Waals surface area contributed by atoms with Gasteiger partial charge >= 0.3 is 0 Å². The molecule has 1 saturated heterocycles. The summed E-state index contributed by atoms with van der Waals surface area (Å²) in [6, 6.07) is -0.0570. The fourth-order valence-electron chi connectivity index (χ4n) is 2.52. The lowest BCUT2D eigenvalue weighted by molar-refractivity contribution is -0.137. The Kier molecular flexibility index (Phi) is 3.61. The fourth-order valence-corrected chi connectivity index (χ4v) is 2.52. The number of amides is 1. The smallest absolute Gasteiger partial charge is 0.226 e. The predicted molar refractivity (Wildman–Crippen MR) is 61.9 cm³/mol. The van der Waals surface area contributed by atoms with Crippen LogP contribution in [-0.2, 0) is 4.79 Å². The SMILES string of the molecule is CN(C(=O)C1CC=CCC1)[C@@H]1CNC[C@H]1O. The van der Waals surface area contributed by atoms with E-state index in [0.29, 0.717) is 13.1 Å². The summed E-state index contributed by atoms with van der Waals surface area (Å²) in [6.45, 7) is 1.29. The number of β-amino-alcohol motifs (C(OH)–C–C–N with tert-alkyl or cyclic N) is 1. The minimum atomic E-state index is -0.423. The number of rotatable bonds is 2. The molecule has 0 aromatic carbocycles. The highest BCUT2D eigenvalue weighted by Crippen LogP contribution is 2.22. The lowest BCUT2D eigenvalue weighted by Crippen LogP contribution is -2.46. The van der Waals surface area contributed by atoms with Crippen LogP contribution in [-0.4, -0.2) is 48.2 Å². The molecule has 1 unspecified atom stereocenters. The Morgan fingerprint density at radius 2 is 2.25 bits per heavy atom. The van der Waals surface area contributed by atoms with Gasteiger partial charge in [-0.1, -0.05) is 12.2 Å². The molecular formula is C12H20N2O2. The van der Waals surface area contributed by atoms with Crippen LogP contribution < -0.4 is 5.32 Å². The van der Waals surface area contributed by atoms with Gasteiger partial charge in [0.15, 0.2) is 0 Å². The van der Waals surface area contributed by atoms with E-state index in [1.165, 1.54) is 0 Å². The molecule has 0 spiro atoms. The van der Waals surface area contributed by atoms with Crippen molar-refractivity contribution in [2.75, 3.05) is 20.1 Å². The lowest BCUT2D eigenvalue weighted by atomic mass is 9.92. The Labute approximate surface area is 96.3 Å². The number of aliphatic hydroxyl groups excluding tert-OH is 1. The third-order valence-electron chi connectivity index (χ3n) is 3.61. The number of carbonyl (C=O) groups is 1.